The third-order valence-corrected chi connectivity index (χ3v) is 3.39. The highest BCUT2D eigenvalue weighted by Gasteiger charge is 2.08. The maximum absolute atomic E-state index is 6.13. The van der Waals surface area contributed by atoms with Crippen LogP contribution in [0.25, 0.3) is 11.3 Å². The van der Waals surface area contributed by atoms with Gasteiger partial charge in [0.2, 0.25) is 0 Å². The van der Waals surface area contributed by atoms with Gasteiger partial charge in [-0.05, 0) is 43.3 Å². The number of ether oxygens (including phenoxy) is 2. The molecule has 0 aliphatic rings. The summed E-state index contributed by atoms with van der Waals surface area (Å²) in [5.74, 6) is 2.36. The van der Waals surface area contributed by atoms with E-state index >= 15 is 0 Å². The van der Waals surface area contributed by atoms with Gasteiger partial charge in [0, 0.05) is 19.3 Å². The molecule has 0 spiro atoms. The van der Waals surface area contributed by atoms with E-state index in [-0.39, 0.29) is 0 Å². The van der Waals surface area contributed by atoms with Crippen LogP contribution in [0, 0.1) is 0 Å². The molecule has 21 heavy (non-hydrogen) atoms. The van der Waals surface area contributed by atoms with E-state index in [9.17, 15) is 0 Å². The predicted octanol–water partition coefficient (Wildman–Crippen LogP) is 3.73. The first-order valence-electron chi connectivity index (χ1n) is 6.87. The van der Waals surface area contributed by atoms with Gasteiger partial charge in [-0.15, -0.1) is 0 Å². The van der Waals surface area contributed by atoms with E-state index in [0.717, 1.165) is 36.7 Å². The first-order chi connectivity index (χ1) is 10.2. The van der Waals surface area contributed by atoms with Crippen LogP contribution >= 0.6 is 11.6 Å². The molecule has 1 aromatic carbocycles. The third kappa shape index (κ3) is 4.49. The molecule has 0 saturated heterocycles. The number of hydrogen-bond acceptors (Lipinski definition) is 4. The van der Waals surface area contributed by atoms with Gasteiger partial charge < -0.3 is 19.2 Å². The Morgan fingerprint density at radius 3 is 2.76 bits per heavy atom. The summed E-state index contributed by atoms with van der Waals surface area (Å²) in [5.41, 5.74) is 0.937. The zero-order valence-electron chi connectivity index (χ0n) is 12.3. The minimum absolute atomic E-state index is 0.575. The van der Waals surface area contributed by atoms with Crippen molar-refractivity contribution in [2.24, 2.45) is 0 Å². The summed E-state index contributed by atoms with van der Waals surface area (Å²) in [6.07, 6.45) is 0.984. The molecule has 0 aliphatic heterocycles. The topological polar surface area (TPSA) is 43.6 Å². The van der Waals surface area contributed by atoms with Crippen molar-refractivity contribution >= 4 is 11.6 Å². The van der Waals surface area contributed by atoms with Crippen LogP contribution in [0.5, 0.6) is 5.75 Å². The number of halogens is 1. The van der Waals surface area contributed by atoms with Gasteiger partial charge in [0.1, 0.15) is 17.3 Å². The maximum Gasteiger partial charge on any atom is 0.137 e. The van der Waals surface area contributed by atoms with Crippen molar-refractivity contribution in [3.8, 4) is 17.1 Å². The highest BCUT2D eigenvalue weighted by Crippen LogP contribution is 2.30. The van der Waals surface area contributed by atoms with Crippen molar-refractivity contribution in [2.45, 2.75) is 13.0 Å². The summed E-state index contributed by atoms with van der Waals surface area (Å²) in [6, 6.07) is 9.53. The lowest BCUT2D eigenvalue weighted by Gasteiger charge is -2.04. The number of benzene rings is 1. The van der Waals surface area contributed by atoms with Crippen molar-refractivity contribution in [2.75, 3.05) is 27.4 Å². The fraction of sp³-hybridized carbons (Fsp3) is 0.375. The first-order valence-corrected chi connectivity index (χ1v) is 7.24. The van der Waals surface area contributed by atoms with Crippen molar-refractivity contribution in [3.05, 3.63) is 41.1 Å². The Hall–Kier alpha value is -1.49. The molecule has 0 unspecified atom stereocenters. The second-order valence-corrected chi connectivity index (χ2v) is 5.05. The van der Waals surface area contributed by atoms with Gasteiger partial charge in [0.15, 0.2) is 0 Å². The molecule has 0 radical (unpaired) electrons. The average molecular weight is 310 g/mol. The van der Waals surface area contributed by atoms with Crippen LogP contribution in [0.2, 0.25) is 5.02 Å². The van der Waals surface area contributed by atoms with Crippen LogP contribution in [0.3, 0.4) is 0 Å². The van der Waals surface area contributed by atoms with Gasteiger partial charge in [0.05, 0.1) is 18.7 Å². The first kappa shape index (κ1) is 15.9. The predicted molar refractivity (Wildman–Crippen MR) is 83.9 cm³/mol. The minimum atomic E-state index is 0.575. The van der Waals surface area contributed by atoms with E-state index < -0.39 is 0 Å². The number of rotatable bonds is 8. The zero-order valence-corrected chi connectivity index (χ0v) is 13.1. The summed E-state index contributed by atoms with van der Waals surface area (Å²) >= 11 is 6.13. The standard InChI is InChI=1S/C16H20ClNO3/c1-19-9-3-8-18-11-13-5-7-15(21-13)12-4-6-16(20-2)14(17)10-12/h4-7,10,18H,3,8-9,11H2,1-2H3. The molecule has 0 bridgehead atoms. The van der Waals surface area contributed by atoms with E-state index in [1.807, 2.05) is 30.3 Å². The number of nitrogens with one attached hydrogen (secondary N) is 1. The Morgan fingerprint density at radius 2 is 2.05 bits per heavy atom. The number of methoxy groups -OCH3 is 2. The van der Waals surface area contributed by atoms with Crippen LogP contribution in [-0.2, 0) is 11.3 Å². The summed E-state index contributed by atoms with van der Waals surface area (Å²) in [7, 11) is 3.31. The van der Waals surface area contributed by atoms with Crippen LogP contribution < -0.4 is 10.1 Å². The summed E-state index contributed by atoms with van der Waals surface area (Å²) < 4.78 is 16.0. The van der Waals surface area contributed by atoms with E-state index in [4.69, 9.17) is 25.5 Å². The molecule has 5 heteroatoms. The lowest BCUT2D eigenvalue weighted by Crippen LogP contribution is -2.15. The van der Waals surface area contributed by atoms with Gasteiger partial charge in [0.25, 0.3) is 0 Å². The molecule has 1 aromatic heterocycles. The molecule has 2 aromatic rings. The van der Waals surface area contributed by atoms with E-state index in [1.54, 1.807) is 14.2 Å². The van der Waals surface area contributed by atoms with Crippen LogP contribution in [0.4, 0.5) is 0 Å². The highest BCUT2D eigenvalue weighted by atomic mass is 35.5. The molecule has 114 valence electrons. The second-order valence-electron chi connectivity index (χ2n) is 4.64. The van der Waals surface area contributed by atoms with Crippen molar-refractivity contribution < 1.29 is 13.9 Å². The molecule has 0 saturated carbocycles. The average Bonchev–Trinajstić information content (AvgIpc) is 2.96. The quantitative estimate of drug-likeness (QED) is 0.755. The molecule has 2 rings (SSSR count). The van der Waals surface area contributed by atoms with Gasteiger partial charge in [-0.1, -0.05) is 11.6 Å². The fourth-order valence-corrected chi connectivity index (χ4v) is 2.26. The SMILES string of the molecule is COCCCNCc1ccc(-c2ccc(OC)c(Cl)c2)o1. The Bertz CT molecular complexity index is 568. The molecule has 1 N–H and O–H groups in total. The molecule has 1 heterocycles. The largest absolute Gasteiger partial charge is 0.495 e. The van der Waals surface area contributed by atoms with E-state index in [0.29, 0.717) is 17.3 Å². The number of hydrogen-bond donors (Lipinski definition) is 1. The van der Waals surface area contributed by atoms with E-state index in [1.165, 1.54) is 0 Å². The zero-order chi connectivity index (χ0) is 15.1. The van der Waals surface area contributed by atoms with E-state index in [2.05, 4.69) is 5.32 Å². The summed E-state index contributed by atoms with van der Waals surface area (Å²) in [6.45, 7) is 2.37. The molecule has 0 aliphatic carbocycles. The Morgan fingerprint density at radius 1 is 1.19 bits per heavy atom. The van der Waals surface area contributed by atoms with Gasteiger partial charge in [-0.2, -0.15) is 0 Å². The van der Waals surface area contributed by atoms with Crippen LogP contribution in [0.15, 0.2) is 34.7 Å². The summed E-state index contributed by atoms with van der Waals surface area (Å²) in [5, 5.41) is 3.89. The van der Waals surface area contributed by atoms with Gasteiger partial charge in [-0.25, -0.2) is 0 Å². The number of furan rings is 1. The molecule has 4 nitrogen and oxygen atoms in total. The van der Waals surface area contributed by atoms with Crippen molar-refractivity contribution in [1.82, 2.24) is 5.32 Å². The highest BCUT2D eigenvalue weighted by molar-refractivity contribution is 6.32. The third-order valence-electron chi connectivity index (χ3n) is 3.10. The van der Waals surface area contributed by atoms with Gasteiger partial charge >= 0.3 is 0 Å². The van der Waals surface area contributed by atoms with Crippen LogP contribution in [0.1, 0.15) is 12.2 Å². The molecular weight excluding hydrogens is 290 g/mol. The lowest BCUT2D eigenvalue weighted by atomic mass is 10.2. The normalized spacial score (nSPS) is 10.8. The monoisotopic (exact) mass is 309 g/mol. The smallest absolute Gasteiger partial charge is 0.137 e. The lowest BCUT2D eigenvalue weighted by molar-refractivity contribution is 0.194. The molecule has 0 amide bonds. The molecule has 0 fully saturated rings. The van der Waals surface area contributed by atoms with Crippen LogP contribution in [-0.4, -0.2) is 27.4 Å². The molecule has 0 atom stereocenters. The Kier molecular flexibility index (Phi) is 6.11. The summed E-state index contributed by atoms with van der Waals surface area (Å²) in [4.78, 5) is 0. The Balaban J connectivity index is 1.94. The Labute approximate surface area is 130 Å². The van der Waals surface area contributed by atoms with Gasteiger partial charge in [-0.3, -0.25) is 0 Å². The maximum atomic E-state index is 6.13. The fourth-order valence-electron chi connectivity index (χ4n) is 2.00. The van der Waals surface area contributed by atoms with Crippen molar-refractivity contribution in [3.63, 3.8) is 0 Å². The minimum Gasteiger partial charge on any atom is -0.495 e. The molecular formula is C16H20ClNO3. The second kappa shape index (κ2) is 8.08. The van der Waals surface area contributed by atoms with Crippen molar-refractivity contribution in [1.29, 1.82) is 0 Å².